The van der Waals surface area contributed by atoms with Gasteiger partial charge in [0.1, 0.15) is 0 Å². The van der Waals surface area contributed by atoms with Crippen LogP contribution in [0.4, 0.5) is 0 Å². The average molecular weight is 410 g/mol. The first-order valence-corrected chi connectivity index (χ1v) is 8.02. The van der Waals surface area contributed by atoms with Crippen LogP contribution in [0.25, 0.3) is 10.4 Å². The zero-order valence-corrected chi connectivity index (χ0v) is 16.1. The molecule has 1 radical (unpaired) electrons. The molecule has 0 aromatic carbocycles. The van der Waals surface area contributed by atoms with Crippen molar-refractivity contribution in [1.82, 2.24) is 9.55 Å². The molecule has 1 fully saturated rings. The number of hydrogen-bond donors (Lipinski definition) is 3. The molecule has 3 rings (SSSR count). The van der Waals surface area contributed by atoms with E-state index in [0.29, 0.717) is 24.8 Å². The minimum absolute atomic E-state index is 0. The molecule has 3 atom stereocenters. The van der Waals surface area contributed by atoms with Gasteiger partial charge in [0.25, 0.3) is 0 Å². The number of aliphatic hydroxyl groups excluding tert-OH is 2. The molecule has 0 bridgehead atoms. The molecule has 0 saturated heterocycles. The van der Waals surface area contributed by atoms with E-state index in [9.17, 15) is 19.8 Å². The standard InChI is InChI=1S/C15H17N2O4S.Y/c18-8-9-3-4-10(6-12(9)19)17-7-11(13-2-1-5-22-13)14(20)16-15(17)21;/h1-2,7,9-10,12,18-19H,3-4,6,8H2,(H,16,20,21);/q-1;. The molecule has 3 N–H and O–H groups in total. The van der Waals surface area contributed by atoms with E-state index in [0.717, 1.165) is 4.88 Å². The van der Waals surface area contributed by atoms with Crippen LogP contribution in [0, 0.1) is 11.3 Å². The molecule has 2 heterocycles. The topological polar surface area (TPSA) is 95.3 Å². The Morgan fingerprint density at radius 1 is 1.39 bits per heavy atom. The van der Waals surface area contributed by atoms with Gasteiger partial charge in [-0.2, -0.15) is 12.1 Å². The second-order valence-electron chi connectivity index (χ2n) is 5.60. The molecule has 6 nitrogen and oxygen atoms in total. The summed E-state index contributed by atoms with van der Waals surface area (Å²) in [7, 11) is 0. The Hall–Kier alpha value is -0.596. The van der Waals surface area contributed by atoms with Gasteiger partial charge in [0.15, 0.2) is 0 Å². The molecule has 8 heteroatoms. The third-order valence-electron chi connectivity index (χ3n) is 4.26. The van der Waals surface area contributed by atoms with Crippen molar-refractivity contribution in [3.05, 3.63) is 44.5 Å². The van der Waals surface area contributed by atoms with Crippen LogP contribution in [0.1, 0.15) is 25.3 Å². The first kappa shape index (κ1) is 18.7. The van der Waals surface area contributed by atoms with Crippen LogP contribution in [0.5, 0.6) is 0 Å². The predicted octanol–water partition coefficient (Wildman–Crippen LogP) is 0.757. The maximum Gasteiger partial charge on any atom is 0.328 e. The van der Waals surface area contributed by atoms with Gasteiger partial charge in [0.05, 0.1) is 6.10 Å². The van der Waals surface area contributed by atoms with E-state index in [4.69, 9.17) is 0 Å². The van der Waals surface area contributed by atoms with Gasteiger partial charge in [-0.05, 0) is 19.3 Å². The molecule has 3 unspecified atom stereocenters. The van der Waals surface area contributed by atoms with E-state index in [1.165, 1.54) is 15.9 Å². The Bertz CT molecular complexity index is 756. The van der Waals surface area contributed by atoms with Crippen molar-refractivity contribution in [2.24, 2.45) is 5.92 Å². The van der Waals surface area contributed by atoms with Gasteiger partial charge in [-0.3, -0.25) is 25.7 Å². The minimum atomic E-state index is -0.638. The first-order chi connectivity index (χ1) is 10.6. The molecule has 121 valence electrons. The van der Waals surface area contributed by atoms with E-state index in [1.54, 1.807) is 18.3 Å². The summed E-state index contributed by atoms with van der Waals surface area (Å²) in [6.07, 6.45) is 2.66. The summed E-state index contributed by atoms with van der Waals surface area (Å²) in [6.45, 7) is -0.0509. The summed E-state index contributed by atoms with van der Waals surface area (Å²) < 4.78 is 1.49. The quantitative estimate of drug-likeness (QED) is 0.652. The predicted molar refractivity (Wildman–Crippen MR) is 82.9 cm³/mol. The summed E-state index contributed by atoms with van der Waals surface area (Å²) in [5, 5.41) is 22.2. The largest absolute Gasteiger partial charge is 0.396 e. The number of aromatic amines is 1. The Balaban J connectivity index is 0.00000192. The van der Waals surface area contributed by atoms with Crippen molar-refractivity contribution < 1.29 is 42.9 Å². The monoisotopic (exact) mass is 410 g/mol. The van der Waals surface area contributed by atoms with E-state index < -0.39 is 17.4 Å². The smallest absolute Gasteiger partial charge is 0.328 e. The van der Waals surface area contributed by atoms with Crippen molar-refractivity contribution >= 4 is 11.3 Å². The van der Waals surface area contributed by atoms with Crippen LogP contribution in [-0.2, 0) is 32.7 Å². The Morgan fingerprint density at radius 3 is 2.78 bits per heavy atom. The summed E-state index contributed by atoms with van der Waals surface area (Å²) in [6, 6.07) is 3.33. The Labute approximate surface area is 162 Å². The molecule has 2 aromatic rings. The molecular formula is C15H17N2O4SY-. The number of hydrogen-bond acceptors (Lipinski definition) is 5. The van der Waals surface area contributed by atoms with Crippen LogP contribution in [0.2, 0.25) is 0 Å². The number of nitrogens with zero attached hydrogens (tertiary/aromatic N) is 1. The van der Waals surface area contributed by atoms with Gasteiger partial charge in [-0.25, -0.2) is 4.79 Å². The number of nitrogens with one attached hydrogen (secondary N) is 1. The molecule has 23 heavy (non-hydrogen) atoms. The van der Waals surface area contributed by atoms with Crippen LogP contribution < -0.4 is 11.2 Å². The third-order valence-corrected chi connectivity index (χ3v) is 5.09. The number of rotatable bonds is 3. The van der Waals surface area contributed by atoms with E-state index in [1.807, 2.05) is 0 Å². The summed E-state index contributed by atoms with van der Waals surface area (Å²) in [5.74, 6) is -0.138. The van der Waals surface area contributed by atoms with Crippen LogP contribution >= 0.6 is 11.3 Å². The van der Waals surface area contributed by atoms with Crippen LogP contribution in [0.3, 0.4) is 0 Å². The van der Waals surface area contributed by atoms with Gasteiger partial charge in [-0.15, -0.1) is 10.3 Å². The van der Waals surface area contributed by atoms with E-state index in [-0.39, 0.29) is 51.3 Å². The van der Waals surface area contributed by atoms with Crippen LogP contribution in [0.15, 0.2) is 27.9 Å². The molecular weight excluding hydrogens is 393 g/mol. The SMILES string of the molecule is O=c1[nH]c(=O)n(C2CCC(CO)C(O)C2)cc1-c1cc[c-]s1.[Y]. The minimum Gasteiger partial charge on any atom is -0.396 e. The molecule has 1 aliphatic carbocycles. The van der Waals surface area contributed by atoms with E-state index >= 15 is 0 Å². The number of aliphatic hydroxyl groups is 2. The maximum atomic E-state index is 12.1. The molecule has 1 aliphatic rings. The Morgan fingerprint density at radius 2 is 2.17 bits per heavy atom. The zero-order valence-electron chi connectivity index (χ0n) is 12.4. The normalized spacial score (nSPS) is 24.2. The van der Waals surface area contributed by atoms with Gasteiger partial charge in [0, 0.05) is 63.0 Å². The van der Waals surface area contributed by atoms with Gasteiger partial charge in [-0.1, -0.05) is 0 Å². The van der Waals surface area contributed by atoms with Crippen LogP contribution in [-0.4, -0.2) is 32.5 Å². The second kappa shape index (κ2) is 7.99. The van der Waals surface area contributed by atoms with Crippen molar-refractivity contribution in [3.63, 3.8) is 0 Å². The number of thiophene rings is 1. The first-order valence-electron chi connectivity index (χ1n) is 7.20. The maximum absolute atomic E-state index is 12.1. The van der Waals surface area contributed by atoms with Crippen molar-refractivity contribution in [1.29, 1.82) is 0 Å². The number of H-pyrrole nitrogens is 1. The molecule has 2 aromatic heterocycles. The molecule has 0 amide bonds. The second-order valence-corrected chi connectivity index (χ2v) is 6.48. The fourth-order valence-electron chi connectivity index (χ4n) is 2.97. The van der Waals surface area contributed by atoms with Gasteiger partial charge in [0.2, 0.25) is 5.56 Å². The summed E-state index contributed by atoms with van der Waals surface area (Å²) in [5.41, 5.74) is -0.444. The van der Waals surface area contributed by atoms with Crippen molar-refractivity contribution in [2.75, 3.05) is 6.61 Å². The Kier molecular flexibility index (Phi) is 6.51. The van der Waals surface area contributed by atoms with E-state index in [2.05, 4.69) is 10.4 Å². The van der Waals surface area contributed by atoms with Gasteiger partial charge >= 0.3 is 5.69 Å². The number of aromatic nitrogens is 2. The zero-order chi connectivity index (χ0) is 15.7. The van der Waals surface area contributed by atoms with Crippen molar-refractivity contribution in [3.8, 4) is 10.4 Å². The fraction of sp³-hybridized carbons (Fsp3) is 0.467. The summed E-state index contributed by atoms with van der Waals surface area (Å²) in [4.78, 5) is 27.2. The third kappa shape index (κ3) is 3.91. The molecule has 1 saturated carbocycles. The van der Waals surface area contributed by atoms with Crippen molar-refractivity contribution in [2.45, 2.75) is 31.4 Å². The summed E-state index contributed by atoms with van der Waals surface area (Å²) >= 11 is 1.31. The molecule has 0 spiro atoms. The average Bonchev–Trinajstić information content (AvgIpc) is 3.01. The molecule has 0 aliphatic heterocycles. The van der Waals surface area contributed by atoms with Gasteiger partial charge < -0.3 is 10.2 Å². The fourth-order valence-corrected chi connectivity index (χ4v) is 3.63.